The SMILES string of the molecule is O=CNCCC(=O)N1CCOCC1. The molecule has 0 spiro atoms. The van der Waals surface area contributed by atoms with Crippen LogP contribution in [0.1, 0.15) is 6.42 Å². The lowest BCUT2D eigenvalue weighted by molar-refractivity contribution is -0.135. The number of nitrogens with one attached hydrogen (secondary N) is 1. The van der Waals surface area contributed by atoms with Crippen LogP contribution < -0.4 is 5.32 Å². The van der Waals surface area contributed by atoms with Crippen LogP contribution in [0.3, 0.4) is 0 Å². The summed E-state index contributed by atoms with van der Waals surface area (Å²) in [6.45, 7) is 2.99. The fourth-order valence-corrected chi connectivity index (χ4v) is 1.21. The van der Waals surface area contributed by atoms with Gasteiger partial charge in [0.2, 0.25) is 12.3 Å². The molecule has 13 heavy (non-hydrogen) atoms. The summed E-state index contributed by atoms with van der Waals surface area (Å²) in [5, 5.41) is 2.46. The van der Waals surface area contributed by atoms with Crippen LogP contribution in [0.4, 0.5) is 0 Å². The Morgan fingerprint density at radius 2 is 2.15 bits per heavy atom. The Labute approximate surface area is 77.0 Å². The Bertz CT molecular complexity index is 178. The largest absolute Gasteiger partial charge is 0.378 e. The van der Waals surface area contributed by atoms with E-state index < -0.39 is 0 Å². The molecular formula is C8H14N2O3. The van der Waals surface area contributed by atoms with E-state index in [2.05, 4.69) is 5.32 Å². The summed E-state index contributed by atoms with van der Waals surface area (Å²) >= 11 is 0. The molecule has 0 aromatic carbocycles. The Morgan fingerprint density at radius 1 is 1.46 bits per heavy atom. The molecule has 1 fully saturated rings. The van der Waals surface area contributed by atoms with Crippen LogP contribution in [0.25, 0.3) is 0 Å². The maximum atomic E-state index is 11.4. The second-order valence-corrected chi connectivity index (χ2v) is 2.82. The van der Waals surface area contributed by atoms with Gasteiger partial charge in [-0.05, 0) is 0 Å². The molecular weight excluding hydrogens is 172 g/mol. The predicted octanol–water partition coefficient (Wildman–Crippen LogP) is -1.02. The number of carbonyl (C=O) groups excluding carboxylic acids is 2. The quantitative estimate of drug-likeness (QED) is 0.451. The highest BCUT2D eigenvalue weighted by Crippen LogP contribution is 1.98. The van der Waals surface area contributed by atoms with Gasteiger partial charge in [-0.3, -0.25) is 9.59 Å². The smallest absolute Gasteiger partial charge is 0.224 e. The zero-order valence-electron chi connectivity index (χ0n) is 7.49. The van der Waals surface area contributed by atoms with Gasteiger partial charge < -0.3 is 15.0 Å². The van der Waals surface area contributed by atoms with Gasteiger partial charge >= 0.3 is 0 Å². The average molecular weight is 186 g/mol. The van der Waals surface area contributed by atoms with Crippen LogP contribution in [0.5, 0.6) is 0 Å². The van der Waals surface area contributed by atoms with Crippen molar-refractivity contribution >= 4 is 12.3 Å². The first-order valence-electron chi connectivity index (χ1n) is 4.37. The molecule has 2 amide bonds. The van der Waals surface area contributed by atoms with Crippen LogP contribution >= 0.6 is 0 Å². The van der Waals surface area contributed by atoms with Crippen LogP contribution in [0.2, 0.25) is 0 Å². The molecule has 0 atom stereocenters. The van der Waals surface area contributed by atoms with E-state index in [-0.39, 0.29) is 5.91 Å². The van der Waals surface area contributed by atoms with Gasteiger partial charge in [0.25, 0.3) is 0 Å². The summed E-state index contributed by atoms with van der Waals surface area (Å²) in [6, 6.07) is 0. The standard InChI is InChI=1S/C8H14N2O3/c11-7-9-2-1-8(12)10-3-5-13-6-4-10/h7H,1-6H2,(H,9,11). The second-order valence-electron chi connectivity index (χ2n) is 2.82. The number of hydrogen-bond donors (Lipinski definition) is 1. The summed E-state index contributed by atoms with van der Waals surface area (Å²) in [7, 11) is 0. The molecule has 1 aliphatic heterocycles. The molecule has 5 nitrogen and oxygen atoms in total. The fourth-order valence-electron chi connectivity index (χ4n) is 1.21. The normalized spacial score (nSPS) is 16.8. The number of morpholine rings is 1. The van der Waals surface area contributed by atoms with Crippen molar-refractivity contribution in [1.82, 2.24) is 10.2 Å². The highest BCUT2D eigenvalue weighted by Gasteiger charge is 2.15. The fraction of sp³-hybridized carbons (Fsp3) is 0.750. The molecule has 1 aliphatic rings. The molecule has 0 unspecified atom stereocenters. The van der Waals surface area contributed by atoms with Crippen LogP contribution in [0, 0.1) is 0 Å². The third kappa shape index (κ3) is 3.42. The summed E-state index contributed by atoms with van der Waals surface area (Å²) < 4.78 is 5.11. The van der Waals surface area contributed by atoms with Gasteiger partial charge in [0.05, 0.1) is 13.2 Å². The molecule has 74 valence electrons. The lowest BCUT2D eigenvalue weighted by Gasteiger charge is -2.26. The van der Waals surface area contributed by atoms with Crippen LogP contribution in [-0.4, -0.2) is 50.1 Å². The summed E-state index contributed by atoms with van der Waals surface area (Å²) in [4.78, 5) is 23.1. The predicted molar refractivity (Wildman–Crippen MR) is 46.1 cm³/mol. The summed E-state index contributed by atoms with van der Waals surface area (Å²) in [5.74, 6) is 0.0812. The van der Waals surface area contributed by atoms with E-state index >= 15 is 0 Å². The average Bonchev–Trinajstić information content (AvgIpc) is 2.19. The molecule has 1 saturated heterocycles. The van der Waals surface area contributed by atoms with E-state index in [1.807, 2.05) is 0 Å². The van der Waals surface area contributed by atoms with Gasteiger partial charge in [-0.15, -0.1) is 0 Å². The van der Waals surface area contributed by atoms with E-state index in [4.69, 9.17) is 4.74 Å². The van der Waals surface area contributed by atoms with E-state index in [1.165, 1.54) is 0 Å². The van der Waals surface area contributed by atoms with Crippen molar-refractivity contribution in [2.45, 2.75) is 6.42 Å². The lowest BCUT2D eigenvalue weighted by atomic mass is 10.3. The molecule has 1 N–H and O–H groups in total. The number of hydrogen-bond acceptors (Lipinski definition) is 3. The molecule has 0 aromatic heterocycles. The molecule has 0 bridgehead atoms. The highest BCUT2D eigenvalue weighted by atomic mass is 16.5. The van der Waals surface area contributed by atoms with Crippen molar-refractivity contribution in [2.24, 2.45) is 0 Å². The first kappa shape index (κ1) is 9.98. The van der Waals surface area contributed by atoms with Crippen molar-refractivity contribution in [1.29, 1.82) is 0 Å². The minimum Gasteiger partial charge on any atom is -0.378 e. The van der Waals surface area contributed by atoms with Gasteiger partial charge in [0.1, 0.15) is 0 Å². The van der Waals surface area contributed by atoms with Gasteiger partial charge in [-0.2, -0.15) is 0 Å². The lowest BCUT2D eigenvalue weighted by Crippen LogP contribution is -2.41. The molecule has 0 radical (unpaired) electrons. The minimum absolute atomic E-state index is 0.0812. The molecule has 1 rings (SSSR count). The van der Waals surface area contributed by atoms with Crippen LogP contribution in [-0.2, 0) is 14.3 Å². The molecule has 0 aliphatic carbocycles. The van der Waals surface area contributed by atoms with E-state index in [0.29, 0.717) is 45.7 Å². The molecule has 1 heterocycles. The van der Waals surface area contributed by atoms with Crippen molar-refractivity contribution in [3.05, 3.63) is 0 Å². The van der Waals surface area contributed by atoms with E-state index in [1.54, 1.807) is 4.90 Å². The number of amides is 2. The number of nitrogens with zero attached hydrogens (tertiary/aromatic N) is 1. The molecule has 0 aromatic rings. The Morgan fingerprint density at radius 3 is 2.77 bits per heavy atom. The molecule has 0 saturated carbocycles. The molecule has 5 heteroatoms. The van der Waals surface area contributed by atoms with E-state index in [9.17, 15) is 9.59 Å². The van der Waals surface area contributed by atoms with Crippen molar-refractivity contribution in [2.75, 3.05) is 32.8 Å². The van der Waals surface area contributed by atoms with E-state index in [0.717, 1.165) is 0 Å². The number of rotatable bonds is 4. The van der Waals surface area contributed by atoms with Crippen molar-refractivity contribution in [3.8, 4) is 0 Å². The summed E-state index contributed by atoms with van der Waals surface area (Å²) in [6.07, 6.45) is 0.978. The monoisotopic (exact) mass is 186 g/mol. The zero-order chi connectivity index (χ0) is 9.52. The first-order chi connectivity index (χ1) is 6.34. The second kappa shape index (κ2) is 5.53. The Balaban J connectivity index is 2.17. The third-order valence-electron chi connectivity index (χ3n) is 1.93. The van der Waals surface area contributed by atoms with Gasteiger partial charge in [-0.25, -0.2) is 0 Å². The number of carbonyl (C=O) groups is 2. The Hall–Kier alpha value is -1.10. The minimum atomic E-state index is 0.0812. The van der Waals surface area contributed by atoms with Crippen molar-refractivity contribution < 1.29 is 14.3 Å². The summed E-state index contributed by atoms with van der Waals surface area (Å²) in [5.41, 5.74) is 0. The van der Waals surface area contributed by atoms with Gasteiger partial charge in [0, 0.05) is 26.1 Å². The maximum absolute atomic E-state index is 11.4. The number of ether oxygens (including phenoxy) is 1. The van der Waals surface area contributed by atoms with Crippen molar-refractivity contribution in [3.63, 3.8) is 0 Å². The Kier molecular flexibility index (Phi) is 4.25. The van der Waals surface area contributed by atoms with Gasteiger partial charge in [-0.1, -0.05) is 0 Å². The maximum Gasteiger partial charge on any atom is 0.224 e. The first-order valence-corrected chi connectivity index (χ1v) is 4.37. The zero-order valence-corrected chi connectivity index (χ0v) is 7.49. The van der Waals surface area contributed by atoms with Gasteiger partial charge in [0.15, 0.2) is 0 Å². The van der Waals surface area contributed by atoms with Crippen LogP contribution in [0.15, 0.2) is 0 Å². The topological polar surface area (TPSA) is 58.6 Å². The third-order valence-corrected chi connectivity index (χ3v) is 1.93. The highest BCUT2D eigenvalue weighted by molar-refractivity contribution is 5.76.